The van der Waals surface area contributed by atoms with E-state index in [1.807, 2.05) is 65.8 Å². The number of rotatable bonds is 17. The molecule has 5 aliphatic rings. The van der Waals surface area contributed by atoms with Crippen molar-refractivity contribution in [2.24, 2.45) is 23.5 Å². The fourth-order valence-electron chi connectivity index (χ4n) is 17.2. The second-order valence-electron chi connectivity index (χ2n) is 33.1. The number of nitrogens with zero attached hydrogens (tertiary/aromatic N) is 18. The molecule has 0 aliphatic carbocycles. The van der Waals surface area contributed by atoms with Gasteiger partial charge in [-0.25, -0.2) is 78.8 Å². The minimum atomic E-state index is -1.32. The van der Waals surface area contributed by atoms with Crippen LogP contribution in [0.5, 0.6) is 0 Å². The number of carbonyl (C=O) groups excluding carboxylic acids is 5. The van der Waals surface area contributed by atoms with Gasteiger partial charge in [0, 0.05) is 43.3 Å². The van der Waals surface area contributed by atoms with E-state index in [0.717, 1.165) is 19.3 Å². The zero-order valence-corrected chi connectivity index (χ0v) is 80.4. The topological polar surface area (TPSA) is 647 Å². The summed E-state index contributed by atoms with van der Waals surface area (Å²) in [6.45, 7) is 41.5. The molecule has 15 heterocycles. The van der Waals surface area contributed by atoms with Crippen molar-refractivity contribution in [2.45, 2.75) is 200 Å². The lowest BCUT2D eigenvalue weighted by Gasteiger charge is -2.24. The summed E-state index contributed by atoms with van der Waals surface area (Å²) in [4.78, 5) is 116. The fourth-order valence-corrected chi connectivity index (χ4v) is 18.3. The quantitative estimate of drug-likeness (QED) is 0.0229. The molecule has 0 spiro atoms. The number of hydrogen-bond acceptors (Lipinski definition) is 36. The highest BCUT2D eigenvalue weighted by Crippen LogP contribution is 2.49. The van der Waals surface area contributed by atoms with Gasteiger partial charge < -0.3 is 126 Å². The number of carbonyl (C=O) groups is 5. The maximum Gasteiger partial charge on any atom is 0.338 e. The summed E-state index contributed by atoms with van der Waals surface area (Å²) in [6, 6.07) is 28.5. The number of aromatic nitrogens is 15. The number of nitrogen functional groups attached to an aromatic ring is 5. The number of benzene rings is 3. The third-order valence-electron chi connectivity index (χ3n) is 24.0. The molecule has 0 bridgehead atoms. The van der Waals surface area contributed by atoms with Crippen molar-refractivity contribution in [1.29, 1.82) is 5.26 Å². The van der Waals surface area contributed by atoms with Crippen LogP contribution in [0.15, 0.2) is 125 Å². The number of nitrogens with one attached hydrogen (secondary N) is 1. The second-order valence-corrected chi connectivity index (χ2v) is 34.6. The molecular weight excluding hydrogens is 1950 g/mol. The van der Waals surface area contributed by atoms with Crippen LogP contribution >= 0.6 is 31.9 Å². The molecule has 45 nitrogen and oxygen atoms in total. The number of fused-ring (bicyclic) bond motifs is 5. The number of amides is 1. The molecule has 0 radical (unpaired) electrons. The highest BCUT2D eigenvalue weighted by molar-refractivity contribution is 9.10. The number of primary amides is 1. The number of halogens is 2. The summed E-state index contributed by atoms with van der Waals surface area (Å²) >= 11 is 6.73. The number of aliphatic hydroxyl groups excluding tert-OH is 6. The third-order valence-corrected chi connectivity index (χ3v) is 25.4. The molecule has 1 unspecified atom stereocenters. The van der Waals surface area contributed by atoms with Crippen LogP contribution < -0.4 is 34.4 Å². The Hall–Kier alpha value is -14.4. The SMILES string of the molecule is CC[C@H]1OC(OC(C)=O)[C@H](OC(=O)c2ccccc2)[C@@H]1C.Cc1nc(N)c2c(C(N)=O)cn([C@@H]3O[C@H](CO)[C@@H](O)[C@H]3O)c2n1.N#Cc1c(Br)[nH]c2ncnc(N)c12.[C-]#[N+]c1c(Br)n([C@@H]2O[C@H](CC)[C@@H](C)[C@H]2OC(=O)c2ccccc2)c2nc(C)nc(N)c12.[C-]#[N+]c1cn([C@@H]2O[C@H](CC)[C@@H](C)[C@H]2OC(=O)c2ccccc2)c2nc(C)nc(N)c12.[C-]#[N+]c1cn([C@@H]2O[C@H](CO)[C@@H](O)[C@H]2O)c2nc(C)nc(N)c12. The number of hydrogen-bond donors (Lipinski definition) is 13. The number of anilines is 5. The van der Waals surface area contributed by atoms with Gasteiger partial charge in [-0.15, -0.1) is 0 Å². The standard InChI is InChI=1S/C22H22BrN5O3.C22H23N5O3.C16H20O5.C13H17N5O5.C13H15N5O4.C7H4BrN5/c1-5-14-11(2)17(31-22(29)13-9-7-6-8-10-13)21(30-14)28-18(23)16(25-4)15-19(24)26-12(3)27-20(15)28;1-5-16-12(2)18(30-22(28)14-9-7-6-8-10-14)21(29-16)27-11-15(24-4)17-19(23)25-13(3)26-20(17)27;1-4-13-10(2)14(16(20-13)19-11(3)17)21-15(18)12-8-6-5-7-9-12;1-4-16-10(14)7-5(11(15)22)2-18(12(7)17-4)13-9(21)8(20)6(3-19)23-13;1-5-16-11(14)8-6(15-2)3-18(12(8)17-5)13-10(21)9(20)7(4-19)22-13;8-5-3(1-9)4-6(10)11-2-12-7(4)13-5/h6-11,14,17,21H,5H2,1-3H3,(H2,24,26,27);6-12,16,18,21H,5H2,1-3H3,(H2,23,25,26);5-10,13-14,16H,4H2,1-3H3;2,6,8-9,13,19-21H,3H2,1H3,(H2,15,22)(H2,14,16,17);3,7,9-10,13,19-21H,4H2,1H3,(H2,14,16,17);2H,(H3,10,11,12,13)/t11-,14-,17-,21-;12-,16-,18-,21-;10-,13-,14-,16?;6-,8-,9-,13-;7-,9-,10-,13-;/m11111./s1. The average Bonchev–Trinajstić information content (AvgIpc) is 1.56. The van der Waals surface area contributed by atoms with E-state index in [4.69, 9.17) is 102 Å². The van der Waals surface area contributed by atoms with Crippen molar-refractivity contribution in [3.8, 4) is 6.07 Å². The summed E-state index contributed by atoms with van der Waals surface area (Å²) in [6.07, 6.45) is -5.08. The summed E-state index contributed by atoms with van der Waals surface area (Å²) in [5.74, 6) is 0.152. The van der Waals surface area contributed by atoms with Crippen LogP contribution in [0.3, 0.4) is 0 Å². The molecule has 140 heavy (non-hydrogen) atoms. The van der Waals surface area contributed by atoms with E-state index < -0.39 is 129 Å². The summed E-state index contributed by atoms with van der Waals surface area (Å²) in [7, 11) is 0. The minimum absolute atomic E-state index is 0.0352. The lowest BCUT2D eigenvalue weighted by molar-refractivity contribution is -0.186. The Labute approximate surface area is 815 Å². The summed E-state index contributed by atoms with van der Waals surface area (Å²) in [5, 5.41) is 69.4. The van der Waals surface area contributed by atoms with Crippen molar-refractivity contribution in [3.63, 3.8) is 0 Å². The number of aliphatic hydroxyl groups is 6. The van der Waals surface area contributed by atoms with Crippen LogP contribution in [-0.2, 0) is 47.4 Å². The molecule has 20 atom stereocenters. The lowest BCUT2D eigenvalue weighted by Crippen LogP contribution is -2.34. The van der Waals surface area contributed by atoms with Gasteiger partial charge in [0.25, 0.3) is 5.91 Å². The van der Waals surface area contributed by atoms with E-state index in [2.05, 4.69) is 101 Å². The number of nitriles is 1. The highest BCUT2D eigenvalue weighted by Gasteiger charge is 2.51. The first kappa shape index (κ1) is 103. The molecule has 3 aromatic carbocycles. The Morgan fingerprint density at radius 1 is 0.479 bits per heavy atom. The number of aryl methyl sites for hydroxylation is 4. The van der Waals surface area contributed by atoms with E-state index in [0.29, 0.717) is 116 Å². The molecule has 1 amide bonds. The van der Waals surface area contributed by atoms with Gasteiger partial charge in [0.15, 0.2) is 43.2 Å². The highest BCUT2D eigenvalue weighted by atomic mass is 79.9. The molecule has 0 saturated carbocycles. The number of esters is 4. The molecule has 732 valence electrons. The van der Waals surface area contributed by atoms with Gasteiger partial charge in [-0.05, 0) is 115 Å². The number of aromatic amines is 1. The van der Waals surface area contributed by atoms with Gasteiger partial charge >= 0.3 is 23.9 Å². The van der Waals surface area contributed by atoms with Crippen molar-refractivity contribution >= 4 is 163 Å². The molecule has 47 heteroatoms. The molecule has 10 aromatic heterocycles. The molecule has 5 saturated heterocycles. The maximum absolute atomic E-state index is 12.8. The minimum Gasteiger partial charge on any atom is -0.454 e. The van der Waals surface area contributed by atoms with E-state index in [1.54, 1.807) is 116 Å². The van der Waals surface area contributed by atoms with Gasteiger partial charge in [-0.3, -0.25) is 14.2 Å². The number of H-pyrrole nitrogens is 1. The third kappa shape index (κ3) is 21.0. The Balaban J connectivity index is 0.000000144. The molecular formula is C93H101Br2N25O20. The van der Waals surface area contributed by atoms with Crippen LogP contribution in [0.4, 0.5) is 46.2 Å². The Morgan fingerprint density at radius 3 is 1.26 bits per heavy atom. The van der Waals surface area contributed by atoms with Crippen LogP contribution in [0.25, 0.3) is 69.7 Å². The van der Waals surface area contributed by atoms with Crippen LogP contribution in [0, 0.1) is 76.5 Å². The number of ether oxygens (including phenoxy) is 9. The summed E-state index contributed by atoms with van der Waals surface area (Å²) in [5.41, 5.74) is 39.8. The van der Waals surface area contributed by atoms with Crippen LogP contribution in [0.2, 0.25) is 0 Å². The Bertz CT molecular complexity index is 6960. The normalized spacial score (nSPS) is 24.2. The second kappa shape index (κ2) is 44.2. The molecule has 5 fully saturated rings. The number of nitrogens with two attached hydrogens (primary N) is 6. The van der Waals surface area contributed by atoms with E-state index in [9.17, 15) is 54.6 Å². The first-order chi connectivity index (χ1) is 66.9. The van der Waals surface area contributed by atoms with Crippen molar-refractivity contribution in [3.05, 3.63) is 210 Å². The van der Waals surface area contributed by atoms with E-state index in [-0.39, 0.29) is 81.6 Å². The fraction of sp³-hybridized carbons (Fsp3) is 0.387. The van der Waals surface area contributed by atoms with Gasteiger partial charge in [-0.2, -0.15) is 5.26 Å². The van der Waals surface area contributed by atoms with Gasteiger partial charge in [-0.1, -0.05) is 96.1 Å². The molecule has 13 aromatic rings. The Kier molecular flexibility index (Phi) is 32.5. The zero-order valence-electron chi connectivity index (χ0n) is 77.2. The smallest absolute Gasteiger partial charge is 0.338 e. The van der Waals surface area contributed by atoms with E-state index in [1.165, 1.54) is 34.8 Å². The predicted octanol–water partition coefficient (Wildman–Crippen LogP) is 10.1. The van der Waals surface area contributed by atoms with Gasteiger partial charge in [0.1, 0.15) is 134 Å². The van der Waals surface area contributed by atoms with Gasteiger partial charge in [0.2, 0.25) is 23.4 Å². The van der Waals surface area contributed by atoms with Gasteiger partial charge in [0.05, 0.1) is 111 Å². The molecule has 5 aliphatic heterocycles. The first-order valence-corrected chi connectivity index (χ1v) is 45.5. The molecule has 19 N–H and O–H groups in total. The van der Waals surface area contributed by atoms with E-state index >= 15 is 0 Å². The van der Waals surface area contributed by atoms with Crippen LogP contribution in [0.1, 0.15) is 163 Å². The van der Waals surface area contributed by atoms with Crippen LogP contribution in [-0.4, -0.2) is 226 Å². The first-order valence-electron chi connectivity index (χ1n) is 43.9. The lowest BCUT2D eigenvalue weighted by atomic mass is 9.98. The maximum atomic E-state index is 12.8. The predicted molar refractivity (Wildman–Crippen MR) is 512 cm³/mol. The summed E-state index contributed by atoms with van der Waals surface area (Å²) < 4.78 is 59.1. The average molecular weight is 2050 g/mol. The van der Waals surface area contributed by atoms with Crippen molar-refractivity contribution in [2.75, 3.05) is 41.9 Å². The zero-order chi connectivity index (χ0) is 101. The monoisotopic (exact) mass is 2050 g/mol. The van der Waals surface area contributed by atoms with Crippen molar-refractivity contribution < 1.29 is 97.2 Å². The largest absolute Gasteiger partial charge is 0.454 e. The molecule has 18 rings (SSSR count). The van der Waals surface area contributed by atoms with Crippen molar-refractivity contribution in [1.82, 2.24) is 73.1 Å². The Morgan fingerprint density at radius 2 is 0.857 bits per heavy atom.